The van der Waals surface area contributed by atoms with E-state index in [1.807, 2.05) is 55.5 Å². The maximum Gasteiger partial charge on any atom is 0.220 e. The van der Waals surface area contributed by atoms with Gasteiger partial charge in [-0.15, -0.1) is 0 Å². The number of amides is 1. The number of oxazole rings is 1. The monoisotopic (exact) mass is 294 g/mol. The Morgan fingerprint density at radius 3 is 2.77 bits per heavy atom. The van der Waals surface area contributed by atoms with E-state index < -0.39 is 0 Å². The largest absolute Gasteiger partial charge is 0.441 e. The third-order valence-electron chi connectivity index (χ3n) is 3.53. The predicted octanol–water partition coefficient (Wildman–Crippen LogP) is 3.39. The molecule has 3 aromatic rings. The zero-order valence-electron chi connectivity index (χ0n) is 12.5. The zero-order chi connectivity index (χ0) is 15.4. The first-order chi connectivity index (χ1) is 10.7. The number of carbonyl (C=O) groups excluding carboxylic acids is 1. The van der Waals surface area contributed by atoms with Crippen LogP contribution in [0.4, 0.5) is 0 Å². The van der Waals surface area contributed by atoms with Crippen LogP contribution in [0.5, 0.6) is 0 Å². The highest BCUT2D eigenvalue weighted by atomic mass is 16.3. The summed E-state index contributed by atoms with van der Waals surface area (Å²) in [7, 11) is 0. The normalized spacial score (nSPS) is 10.8. The Kier molecular flexibility index (Phi) is 4.19. The summed E-state index contributed by atoms with van der Waals surface area (Å²) >= 11 is 0. The van der Waals surface area contributed by atoms with Gasteiger partial charge in [-0.3, -0.25) is 4.79 Å². The van der Waals surface area contributed by atoms with Crippen LogP contribution in [0.15, 0.2) is 52.9 Å². The number of benzene rings is 2. The Labute approximate surface area is 129 Å². The van der Waals surface area contributed by atoms with Crippen LogP contribution in [0.25, 0.3) is 11.1 Å². The topological polar surface area (TPSA) is 55.1 Å². The molecule has 0 saturated carbocycles. The minimum atomic E-state index is 0.0534. The second kappa shape index (κ2) is 6.43. The second-order valence-electron chi connectivity index (χ2n) is 5.30. The minimum Gasteiger partial charge on any atom is -0.441 e. The van der Waals surface area contributed by atoms with Gasteiger partial charge in [0.15, 0.2) is 11.5 Å². The Bertz CT molecular complexity index is 778. The summed E-state index contributed by atoms with van der Waals surface area (Å²) in [5.74, 6) is 0.705. The number of nitrogens with zero attached hydrogens (tertiary/aromatic N) is 1. The number of hydrogen-bond donors (Lipinski definition) is 1. The molecule has 2 aromatic carbocycles. The van der Waals surface area contributed by atoms with Crippen LogP contribution in [-0.4, -0.2) is 10.9 Å². The highest BCUT2D eigenvalue weighted by Crippen LogP contribution is 2.16. The number of carbonyl (C=O) groups is 1. The van der Waals surface area contributed by atoms with Gasteiger partial charge in [0.25, 0.3) is 0 Å². The lowest BCUT2D eigenvalue weighted by Crippen LogP contribution is -2.22. The Morgan fingerprint density at radius 2 is 1.95 bits per heavy atom. The Hall–Kier alpha value is -2.62. The summed E-state index contributed by atoms with van der Waals surface area (Å²) in [6.07, 6.45) is 1.25. The molecule has 0 aliphatic heterocycles. The molecule has 0 radical (unpaired) electrons. The molecule has 0 unspecified atom stereocenters. The van der Waals surface area contributed by atoms with Gasteiger partial charge < -0.3 is 9.73 Å². The molecule has 3 rings (SSSR count). The quantitative estimate of drug-likeness (QED) is 0.784. The first kappa shape index (κ1) is 14.3. The average Bonchev–Trinajstić information content (AvgIpc) is 2.91. The van der Waals surface area contributed by atoms with Crippen molar-refractivity contribution in [2.24, 2.45) is 0 Å². The van der Waals surface area contributed by atoms with Gasteiger partial charge in [0, 0.05) is 19.9 Å². The van der Waals surface area contributed by atoms with E-state index in [4.69, 9.17) is 4.42 Å². The molecule has 112 valence electrons. The van der Waals surface area contributed by atoms with E-state index >= 15 is 0 Å². The molecule has 0 bridgehead atoms. The van der Waals surface area contributed by atoms with Crippen molar-refractivity contribution in [3.8, 4) is 0 Å². The van der Waals surface area contributed by atoms with Crippen molar-refractivity contribution in [3.05, 3.63) is 65.5 Å². The molecule has 1 aromatic heterocycles. The van der Waals surface area contributed by atoms with Crippen LogP contribution < -0.4 is 5.32 Å². The molecule has 1 amide bonds. The van der Waals surface area contributed by atoms with Crippen molar-refractivity contribution < 1.29 is 9.21 Å². The van der Waals surface area contributed by atoms with Crippen molar-refractivity contribution in [2.45, 2.75) is 26.3 Å². The highest BCUT2D eigenvalue weighted by Gasteiger charge is 2.05. The van der Waals surface area contributed by atoms with Crippen LogP contribution in [0.3, 0.4) is 0 Å². The lowest BCUT2D eigenvalue weighted by atomic mass is 10.1. The van der Waals surface area contributed by atoms with Crippen molar-refractivity contribution >= 4 is 17.0 Å². The van der Waals surface area contributed by atoms with Gasteiger partial charge >= 0.3 is 0 Å². The third-order valence-corrected chi connectivity index (χ3v) is 3.53. The van der Waals surface area contributed by atoms with Gasteiger partial charge in [-0.2, -0.15) is 0 Å². The molecule has 1 heterocycles. The first-order valence-corrected chi connectivity index (χ1v) is 7.37. The molecule has 0 saturated heterocycles. The van der Waals surface area contributed by atoms with E-state index in [2.05, 4.69) is 10.3 Å². The SMILES string of the molecule is Cc1nc2ccc(CNC(=O)CCc3ccccc3)cc2o1. The number of aromatic nitrogens is 1. The molecule has 4 nitrogen and oxygen atoms in total. The summed E-state index contributed by atoms with van der Waals surface area (Å²) in [6.45, 7) is 2.33. The van der Waals surface area contributed by atoms with E-state index in [0.29, 0.717) is 18.9 Å². The van der Waals surface area contributed by atoms with Crippen LogP contribution in [-0.2, 0) is 17.8 Å². The second-order valence-corrected chi connectivity index (χ2v) is 5.30. The third kappa shape index (κ3) is 3.52. The van der Waals surface area contributed by atoms with Gasteiger partial charge in [0.2, 0.25) is 5.91 Å². The molecule has 1 N–H and O–H groups in total. The first-order valence-electron chi connectivity index (χ1n) is 7.37. The van der Waals surface area contributed by atoms with Gasteiger partial charge in [-0.25, -0.2) is 4.98 Å². The van der Waals surface area contributed by atoms with E-state index in [1.165, 1.54) is 5.56 Å². The molecule has 0 aliphatic carbocycles. The lowest BCUT2D eigenvalue weighted by molar-refractivity contribution is -0.121. The number of hydrogen-bond acceptors (Lipinski definition) is 3. The summed E-state index contributed by atoms with van der Waals surface area (Å²) in [4.78, 5) is 16.2. The van der Waals surface area contributed by atoms with Crippen LogP contribution in [0, 0.1) is 6.92 Å². The fourth-order valence-corrected chi connectivity index (χ4v) is 2.39. The molecule has 22 heavy (non-hydrogen) atoms. The maximum atomic E-state index is 11.9. The van der Waals surface area contributed by atoms with Gasteiger partial charge in [-0.05, 0) is 29.7 Å². The molecular weight excluding hydrogens is 276 g/mol. The smallest absolute Gasteiger partial charge is 0.220 e. The van der Waals surface area contributed by atoms with Crippen LogP contribution in [0.1, 0.15) is 23.4 Å². The molecule has 0 aliphatic rings. The average molecular weight is 294 g/mol. The molecule has 0 spiro atoms. The van der Waals surface area contributed by atoms with Crippen molar-refractivity contribution in [2.75, 3.05) is 0 Å². The number of aryl methyl sites for hydroxylation is 2. The highest BCUT2D eigenvalue weighted by molar-refractivity contribution is 5.77. The van der Waals surface area contributed by atoms with E-state index in [9.17, 15) is 4.79 Å². The summed E-state index contributed by atoms with van der Waals surface area (Å²) in [6, 6.07) is 15.8. The van der Waals surface area contributed by atoms with Crippen molar-refractivity contribution in [1.82, 2.24) is 10.3 Å². The summed E-state index contributed by atoms with van der Waals surface area (Å²) < 4.78 is 5.50. The molecular formula is C18H18N2O2. The Balaban J connectivity index is 1.53. The maximum absolute atomic E-state index is 11.9. The number of fused-ring (bicyclic) bond motifs is 1. The number of nitrogens with one attached hydrogen (secondary N) is 1. The van der Waals surface area contributed by atoms with Crippen LogP contribution in [0.2, 0.25) is 0 Å². The van der Waals surface area contributed by atoms with Crippen molar-refractivity contribution in [3.63, 3.8) is 0 Å². The fourth-order valence-electron chi connectivity index (χ4n) is 2.39. The predicted molar refractivity (Wildman–Crippen MR) is 85.4 cm³/mol. The summed E-state index contributed by atoms with van der Waals surface area (Å²) in [5.41, 5.74) is 3.79. The lowest BCUT2D eigenvalue weighted by Gasteiger charge is -2.05. The minimum absolute atomic E-state index is 0.0534. The van der Waals surface area contributed by atoms with Crippen molar-refractivity contribution in [1.29, 1.82) is 0 Å². The van der Waals surface area contributed by atoms with Gasteiger partial charge in [0.05, 0.1) is 0 Å². The summed E-state index contributed by atoms with van der Waals surface area (Å²) in [5, 5.41) is 2.94. The number of rotatable bonds is 5. The molecule has 0 atom stereocenters. The van der Waals surface area contributed by atoms with Gasteiger partial charge in [0.1, 0.15) is 5.52 Å². The van der Waals surface area contributed by atoms with Crippen LogP contribution >= 0.6 is 0 Å². The van der Waals surface area contributed by atoms with E-state index in [-0.39, 0.29) is 5.91 Å². The zero-order valence-corrected chi connectivity index (χ0v) is 12.5. The Morgan fingerprint density at radius 1 is 1.14 bits per heavy atom. The molecule has 4 heteroatoms. The van der Waals surface area contributed by atoms with E-state index in [1.54, 1.807) is 0 Å². The fraction of sp³-hybridized carbons (Fsp3) is 0.222. The van der Waals surface area contributed by atoms with E-state index in [0.717, 1.165) is 23.1 Å². The standard InChI is InChI=1S/C18H18N2O2/c1-13-20-16-9-7-15(11-17(16)22-13)12-19-18(21)10-8-14-5-3-2-4-6-14/h2-7,9,11H,8,10,12H2,1H3,(H,19,21). The molecule has 0 fully saturated rings. The van der Waals surface area contributed by atoms with Gasteiger partial charge in [-0.1, -0.05) is 36.4 Å².